The van der Waals surface area contributed by atoms with Crippen LogP contribution in [0.4, 0.5) is 5.69 Å². The van der Waals surface area contributed by atoms with Crippen molar-refractivity contribution in [3.05, 3.63) is 59.7 Å². The lowest BCUT2D eigenvalue weighted by atomic mass is 9.67. The second-order valence-corrected chi connectivity index (χ2v) is 10.1. The Morgan fingerprint density at radius 1 is 1.16 bits per heavy atom. The monoisotopic (exact) mass is 430 g/mol. The summed E-state index contributed by atoms with van der Waals surface area (Å²) in [5, 5.41) is 7.23. The normalized spacial score (nSPS) is 24.9. The van der Waals surface area contributed by atoms with Crippen molar-refractivity contribution in [1.82, 2.24) is 5.32 Å². The highest BCUT2D eigenvalue weighted by Gasteiger charge is 2.46. The van der Waals surface area contributed by atoms with E-state index in [0.717, 1.165) is 42.9 Å². The Bertz CT molecular complexity index is 1110. The van der Waals surface area contributed by atoms with Crippen molar-refractivity contribution in [3.63, 3.8) is 0 Å². The number of nitrogens with one attached hydrogen (secondary N) is 2. The molecule has 3 aliphatic rings. The maximum atomic E-state index is 6.95. The number of hydrogen-bond donors (Lipinski definition) is 2. The number of allylic oxidation sites excluding steroid dienone is 3. The second-order valence-electron chi connectivity index (χ2n) is 10.1. The van der Waals surface area contributed by atoms with E-state index in [2.05, 4.69) is 74.9 Å². The van der Waals surface area contributed by atoms with Crippen LogP contribution in [0.25, 0.3) is 16.7 Å². The van der Waals surface area contributed by atoms with E-state index in [-0.39, 0.29) is 17.1 Å². The average Bonchev–Trinajstić information content (AvgIpc) is 2.77. The van der Waals surface area contributed by atoms with Gasteiger partial charge in [0.05, 0.1) is 18.2 Å². The third-order valence-corrected chi connectivity index (χ3v) is 7.24. The number of benzene rings is 2. The van der Waals surface area contributed by atoms with E-state index in [0.29, 0.717) is 0 Å². The minimum atomic E-state index is -0.0812. The van der Waals surface area contributed by atoms with E-state index in [1.54, 1.807) is 7.11 Å². The van der Waals surface area contributed by atoms with Gasteiger partial charge in [0, 0.05) is 28.8 Å². The molecule has 4 nitrogen and oxygen atoms in total. The summed E-state index contributed by atoms with van der Waals surface area (Å²) in [4.78, 5) is 0. The molecule has 2 aromatic rings. The largest absolute Gasteiger partial charge is 0.496 e. The Morgan fingerprint density at radius 3 is 2.72 bits per heavy atom. The molecule has 1 aliphatic carbocycles. The molecule has 0 spiro atoms. The van der Waals surface area contributed by atoms with Crippen LogP contribution in [0, 0.1) is 5.41 Å². The molecule has 0 amide bonds. The van der Waals surface area contributed by atoms with Gasteiger partial charge in [0.2, 0.25) is 0 Å². The van der Waals surface area contributed by atoms with Gasteiger partial charge in [0.15, 0.2) is 0 Å². The van der Waals surface area contributed by atoms with Gasteiger partial charge in [-0.15, -0.1) is 0 Å². The molecule has 2 heterocycles. The molecular formula is C28H34N2O2. The first-order valence-corrected chi connectivity index (χ1v) is 11.7. The summed E-state index contributed by atoms with van der Waals surface area (Å²) >= 11 is 0. The van der Waals surface area contributed by atoms with Gasteiger partial charge in [-0.05, 0) is 76.4 Å². The minimum absolute atomic E-state index is 0.0125. The third-order valence-electron chi connectivity index (χ3n) is 7.24. The molecule has 0 bridgehead atoms. The Labute approximate surface area is 191 Å². The lowest BCUT2D eigenvalue weighted by Gasteiger charge is -2.46. The lowest BCUT2D eigenvalue weighted by molar-refractivity contribution is 0.0347. The first kappa shape index (κ1) is 21.1. The van der Waals surface area contributed by atoms with Crippen LogP contribution >= 0.6 is 0 Å². The number of rotatable bonds is 4. The number of fused-ring (bicyclic) bond motifs is 5. The zero-order valence-electron chi connectivity index (χ0n) is 19.8. The van der Waals surface area contributed by atoms with Crippen molar-refractivity contribution >= 4 is 11.3 Å². The molecule has 0 aromatic heterocycles. The van der Waals surface area contributed by atoms with Gasteiger partial charge in [0.1, 0.15) is 17.6 Å². The molecular weight excluding hydrogens is 396 g/mol. The molecule has 0 saturated heterocycles. The SMILES string of the molecule is CNCC1(C2Oc3cccc(OC)c3-c3ccc4c(c32)C(C)=CC(C)(C)N4)CC=CCC1. The fraction of sp³-hybridized carbons (Fsp3) is 0.429. The van der Waals surface area contributed by atoms with E-state index in [1.807, 2.05) is 12.1 Å². The van der Waals surface area contributed by atoms with Gasteiger partial charge in [-0.1, -0.05) is 30.4 Å². The first-order chi connectivity index (χ1) is 15.4. The fourth-order valence-corrected chi connectivity index (χ4v) is 6.05. The molecule has 0 saturated carbocycles. The molecule has 0 fully saturated rings. The third kappa shape index (κ3) is 3.24. The molecule has 168 valence electrons. The van der Waals surface area contributed by atoms with Gasteiger partial charge in [-0.3, -0.25) is 0 Å². The first-order valence-electron chi connectivity index (χ1n) is 11.7. The standard InChI is InChI=1S/C28H34N2O2/c1-18-16-27(2,3)30-20-13-12-19-24-21(31-5)10-9-11-22(24)32-26(25(19)23(18)20)28(17-29-4)14-7-6-8-15-28/h6-7,9-13,16,26,29-30H,8,14-15,17H2,1-5H3. The summed E-state index contributed by atoms with van der Waals surface area (Å²) < 4.78 is 12.7. The van der Waals surface area contributed by atoms with Crippen LogP contribution in [0.15, 0.2) is 48.6 Å². The van der Waals surface area contributed by atoms with Crippen LogP contribution in [-0.2, 0) is 0 Å². The Morgan fingerprint density at radius 2 is 2.00 bits per heavy atom. The second kappa shape index (κ2) is 7.70. The van der Waals surface area contributed by atoms with Crippen molar-refractivity contribution in [1.29, 1.82) is 0 Å². The summed E-state index contributed by atoms with van der Waals surface area (Å²) in [6.07, 6.45) is 10.1. The van der Waals surface area contributed by atoms with Crippen molar-refractivity contribution in [2.24, 2.45) is 5.41 Å². The van der Waals surface area contributed by atoms with Gasteiger partial charge < -0.3 is 20.1 Å². The van der Waals surface area contributed by atoms with Crippen molar-refractivity contribution in [2.75, 3.05) is 26.0 Å². The molecule has 2 atom stereocenters. The Kier molecular flexibility index (Phi) is 5.09. The zero-order chi connectivity index (χ0) is 22.5. The van der Waals surface area contributed by atoms with Crippen molar-refractivity contribution in [3.8, 4) is 22.6 Å². The van der Waals surface area contributed by atoms with Crippen LogP contribution in [-0.4, -0.2) is 26.2 Å². The van der Waals surface area contributed by atoms with Crippen LogP contribution in [0.3, 0.4) is 0 Å². The number of hydrogen-bond acceptors (Lipinski definition) is 4. The molecule has 0 radical (unpaired) electrons. The van der Waals surface area contributed by atoms with Crippen molar-refractivity contribution in [2.45, 2.75) is 51.7 Å². The predicted octanol–water partition coefficient (Wildman–Crippen LogP) is 6.35. The maximum absolute atomic E-state index is 6.95. The summed E-state index contributed by atoms with van der Waals surface area (Å²) in [6, 6.07) is 10.6. The summed E-state index contributed by atoms with van der Waals surface area (Å²) in [5.41, 5.74) is 7.27. The Hall–Kier alpha value is -2.72. The van der Waals surface area contributed by atoms with Crippen LogP contribution < -0.4 is 20.1 Å². The van der Waals surface area contributed by atoms with Gasteiger partial charge >= 0.3 is 0 Å². The number of ether oxygens (including phenoxy) is 2. The van der Waals surface area contributed by atoms with E-state index in [9.17, 15) is 0 Å². The quantitative estimate of drug-likeness (QED) is 0.555. The minimum Gasteiger partial charge on any atom is -0.496 e. The van der Waals surface area contributed by atoms with E-state index >= 15 is 0 Å². The Balaban J connectivity index is 1.81. The highest BCUT2D eigenvalue weighted by Crippen LogP contribution is 2.57. The average molecular weight is 431 g/mol. The molecule has 2 aromatic carbocycles. The molecule has 2 N–H and O–H groups in total. The summed E-state index contributed by atoms with van der Waals surface area (Å²) in [6.45, 7) is 7.59. The van der Waals surface area contributed by atoms with E-state index in [1.165, 1.54) is 28.0 Å². The summed E-state index contributed by atoms with van der Waals surface area (Å²) in [5.74, 6) is 1.77. The van der Waals surface area contributed by atoms with Crippen LogP contribution in [0.2, 0.25) is 0 Å². The highest BCUT2D eigenvalue weighted by molar-refractivity contribution is 5.91. The molecule has 2 aliphatic heterocycles. The van der Waals surface area contributed by atoms with Crippen molar-refractivity contribution < 1.29 is 9.47 Å². The zero-order valence-corrected chi connectivity index (χ0v) is 19.8. The highest BCUT2D eigenvalue weighted by atomic mass is 16.5. The number of anilines is 1. The molecule has 4 heteroatoms. The maximum Gasteiger partial charge on any atom is 0.132 e. The van der Waals surface area contributed by atoms with E-state index in [4.69, 9.17) is 9.47 Å². The van der Waals surface area contributed by atoms with Gasteiger partial charge in [0.25, 0.3) is 0 Å². The topological polar surface area (TPSA) is 42.5 Å². The molecule has 32 heavy (non-hydrogen) atoms. The molecule has 2 unspecified atom stereocenters. The van der Waals surface area contributed by atoms with Crippen LogP contribution in [0.1, 0.15) is 57.3 Å². The van der Waals surface area contributed by atoms with Gasteiger partial charge in [-0.25, -0.2) is 0 Å². The van der Waals surface area contributed by atoms with E-state index < -0.39 is 0 Å². The molecule has 5 rings (SSSR count). The lowest BCUT2D eigenvalue weighted by Crippen LogP contribution is -2.43. The van der Waals surface area contributed by atoms with Gasteiger partial charge in [-0.2, -0.15) is 0 Å². The fourth-order valence-electron chi connectivity index (χ4n) is 6.05. The van der Waals surface area contributed by atoms with Crippen LogP contribution in [0.5, 0.6) is 11.5 Å². The smallest absolute Gasteiger partial charge is 0.132 e. The summed E-state index contributed by atoms with van der Waals surface area (Å²) in [7, 11) is 3.79. The predicted molar refractivity (Wildman–Crippen MR) is 133 cm³/mol. The number of methoxy groups -OCH3 is 1.